The van der Waals surface area contributed by atoms with Crippen molar-refractivity contribution in [2.45, 2.75) is 73.4 Å². The molecule has 0 saturated carbocycles. The van der Waals surface area contributed by atoms with Gasteiger partial charge in [-0.2, -0.15) is 0 Å². The summed E-state index contributed by atoms with van der Waals surface area (Å²) in [6.45, 7) is 18.0. The van der Waals surface area contributed by atoms with Crippen LogP contribution >= 0.6 is 0 Å². The number of hydrogen-bond donors (Lipinski definition) is 1. The highest BCUT2D eigenvalue weighted by Crippen LogP contribution is 2.27. The third-order valence-electron chi connectivity index (χ3n) is 5.49. The topological polar surface area (TPSA) is 58.8 Å². The first-order valence-electron chi connectivity index (χ1n) is 11.6. The molecule has 1 aliphatic rings. The predicted octanol–water partition coefficient (Wildman–Crippen LogP) is 4.86. The first-order chi connectivity index (χ1) is 14.5. The fourth-order valence-corrected chi connectivity index (χ4v) is 3.82. The van der Waals surface area contributed by atoms with Crippen LogP contribution in [0, 0.1) is 11.3 Å². The number of nitrogens with two attached hydrogens (primary N) is 1. The van der Waals surface area contributed by atoms with Crippen LogP contribution < -0.4 is 15.4 Å². The minimum Gasteiger partial charge on any atom is -0.493 e. The van der Waals surface area contributed by atoms with E-state index in [1.165, 1.54) is 5.57 Å². The van der Waals surface area contributed by atoms with Gasteiger partial charge >= 0.3 is 0 Å². The summed E-state index contributed by atoms with van der Waals surface area (Å²) in [6.07, 6.45) is 3.94. The number of rotatable bonds is 9. The molecule has 0 bridgehead atoms. The molecule has 174 valence electrons. The molecule has 5 nitrogen and oxygen atoms in total. The van der Waals surface area contributed by atoms with Crippen LogP contribution in [0.4, 0.5) is 5.69 Å². The summed E-state index contributed by atoms with van der Waals surface area (Å²) in [7, 11) is 0. The van der Waals surface area contributed by atoms with Gasteiger partial charge in [0, 0.05) is 31.4 Å². The molecule has 1 fully saturated rings. The lowest BCUT2D eigenvalue weighted by Crippen LogP contribution is -2.45. The molecule has 1 aromatic rings. The lowest BCUT2D eigenvalue weighted by molar-refractivity contribution is -0.131. The van der Waals surface area contributed by atoms with Crippen molar-refractivity contribution in [1.29, 1.82) is 0 Å². The quantitative estimate of drug-likeness (QED) is 0.570. The maximum absolute atomic E-state index is 12.8. The first-order valence-corrected chi connectivity index (χ1v) is 11.6. The number of amides is 1. The zero-order valence-corrected chi connectivity index (χ0v) is 20.6. The molecule has 2 rings (SSSR count). The smallest absolute Gasteiger partial charge is 0.239 e. The molecule has 1 amide bonds. The maximum Gasteiger partial charge on any atom is 0.239 e. The highest BCUT2D eigenvalue weighted by atomic mass is 16.5. The molecule has 0 spiro atoms. The summed E-state index contributed by atoms with van der Waals surface area (Å²) < 4.78 is 5.94. The minimum absolute atomic E-state index is 0.0873. The Kier molecular flexibility index (Phi) is 8.99. The van der Waals surface area contributed by atoms with E-state index in [0.29, 0.717) is 12.5 Å². The molecule has 1 unspecified atom stereocenters. The van der Waals surface area contributed by atoms with Crippen molar-refractivity contribution in [2.24, 2.45) is 17.1 Å². The van der Waals surface area contributed by atoms with Gasteiger partial charge in [0.25, 0.3) is 0 Å². The average molecular weight is 430 g/mol. The van der Waals surface area contributed by atoms with Crippen LogP contribution in [0.2, 0.25) is 0 Å². The summed E-state index contributed by atoms with van der Waals surface area (Å²) in [6, 6.07) is 8.24. The van der Waals surface area contributed by atoms with Crippen LogP contribution in [0.1, 0.15) is 61.3 Å². The Morgan fingerprint density at radius 1 is 1.26 bits per heavy atom. The summed E-state index contributed by atoms with van der Waals surface area (Å²) in [5.41, 5.74) is 8.76. The Hall–Kier alpha value is -2.01. The third-order valence-corrected chi connectivity index (χ3v) is 5.49. The van der Waals surface area contributed by atoms with Crippen LogP contribution in [0.5, 0.6) is 5.75 Å². The minimum atomic E-state index is -0.399. The Morgan fingerprint density at radius 3 is 2.45 bits per heavy atom. The van der Waals surface area contributed by atoms with E-state index < -0.39 is 6.04 Å². The van der Waals surface area contributed by atoms with Gasteiger partial charge in [-0.05, 0) is 62.3 Å². The molecule has 1 saturated heterocycles. The molecule has 31 heavy (non-hydrogen) atoms. The lowest BCUT2D eigenvalue weighted by Gasteiger charge is -2.31. The highest BCUT2D eigenvalue weighted by molar-refractivity contribution is 5.82. The second-order valence-corrected chi connectivity index (χ2v) is 10.7. The predicted molar refractivity (Wildman–Crippen MR) is 131 cm³/mol. The van der Waals surface area contributed by atoms with Crippen molar-refractivity contribution in [3.63, 3.8) is 0 Å². The lowest BCUT2D eigenvalue weighted by atomic mass is 9.99. The summed E-state index contributed by atoms with van der Waals surface area (Å²) in [4.78, 5) is 17.2. The van der Waals surface area contributed by atoms with E-state index in [1.54, 1.807) is 0 Å². The van der Waals surface area contributed by atoms with Crippen molar-refractivity contribution in [1.82, 2.24) is 4.90 Å². The van der Waals surface area contributed by atoms with E-state index in [9.17, 15) is 4.79 Å². The molecular weight excluding hydrogens is 386 g/mol. The first kappa shape index (κ1) is 25.3. The van der Waals surface area contributed by atoms with Crippen LogP contribution in [-0.2, 0) is 4.79 Å². The van der Waals surface area contributed by atoms with E-state index in [4.69, 9.17) is 10.5 Å². The Morgan fingerprint density at radius 2 is 1.90 bits per heavy atom. The van der Waals surface area contributed by atoms with Crippen molar-refractivity contribution in [3.8, 4) is 5.75 Å². The van der Waals surface area contributed by atoms with Crippen molar-refractivity contribution >= 4 is 11.6 Å². The van der Waals surface area contributed by atoms with Crippen molar-refractivity contribution in [3.05, 3.63) is 35.9 Å². The van der Waals surface area contributed by atoms with E-state index >= 15 is 0 Å². The molecular formula is C26H43N3O2. The SMILES string of the molecule is CC(C)=CCN(c1ccc(OCC(C)(C)C)cc1)[C@H]1CCN(C(=O)C(N)CC(C)C)C1. The fraction of sp³-hybridized carbons (Fsp3) is 0.654. The van der Waals surface area contributed by atoms with E-state index in [2.05, 4.69) is 71.6 Å². The number of likely N-dealkylation sites (tertiary alicyclic amines) is 1. The van der Waals surface area contributed by atoms with E-state index in [0.717, 1.165) is 43.9 Å². The van der Waals surface area contributed by atoms with Gasteiger partial charge in [-0.15, -0.1) is 0 Å². The van der Waals surface area contributed by atoms with Gasteiger partial charge in [-0.25, -0.2) is 0 Å². The number of ether oxygens (including phenoxy) is 1. The van der Waals surface area contributed by atoms with Gasteiger partial charge in [-0.1, -0.05) is 46.3 Å². The molecule has 1 aromatic carbocycles. The maximum atomic E-state index is 12.8. The van der Waals surface area contributed by atoms with Crippen LogP contribution in [0.25, 0.3) is 0 Å². The van der Waals surface area contributed by atoms with Crippen LogP contribution in [0.15, 0.2) is 35.9 Å². The number of carbonyl (C=O) groups is 1. The number of allylic oxidation sites excluding steroid dienone is 1. The largest absolute Gasteiger partial charge is 0.493 e. The Bertz CT molecular complexity index is 730. The summed E-state index contributed by atoms with van der Waals surface area (Å²) >= 11 is 0. The van der Waals surface area contributed by atoms with Crippen molar-refractivity contribution < 1.29 is 9.53 Å². The molecule has 2 atom stereocenters. The zero-order valence-electron chi connectivity index (χ0n) is 20.6. The van der Waals surface area contributed by atoms with Gasteiger partial charge in [0.15, 0.2) is 0 Å². The van der Waals surface area contributed by atoms with Crippen molar-refractivity contribution in [2.75, 3.05) is 31.1 Å². The van der Waals surface area contributed by atoms with Crippen LogP contribution in [-0.4, -0.2) is 49.1 Å². The Labute approximate surface area is 189 Å². The van der Waals surface area contributed by atoms with Crippen LogP contribution in [0.3, 0.4) is 0 Å². The molecule has 0 radical (unpaired) electrons. The fourth-order valence-electron chi connectivity index (χ4n) is 3.82. The van der Waals surface area contributed by atoms with Gasteiger partial charge in [0.05, 0.1) is 12.6 Å². The number of carbonyl (C=O) groups excluding carboxylic acids is 1. The third kappa shape index (κ3) is 8.21. The number of anilines is 1. The second-order valence-electron chi connectivity index (χ2n) is 10.7. The molecule has 2 N–H and O–H groups in total. The molecule has 0 aliphatic carbocycles. The summed E-state index contributed by atoms with van der Waals surface area (Å²) in [5, 5.41) is 0. The zero-order chi connectivity index (χ0) is 23.2. The average Bonchev–Trinajstić information content (AvgIpc) is 3.15. The van der Waals surface area contributed by atoms with E-state index in [-0.39, 0.29) is 17.4 Å². The normalized spacial score (nSPS) is 17.6. The highest BCUT2D eigenvalue weighted by Gasteiger charge is 2.32. The Balaban J connectivity index is 2.10. The second kappa shape index (κ2) is 11.0. The molecule has 1 aliphatic heterocycles. The van der Waals surface area contributed by atoms with Gasteiger partial charge < -0.3 is 20.3 Å². The summed E-state index contributed by atoms with van der Waals surface area (Å²) in [5.74, 6) is 1.40. The number of hydrogen-bond acceptors (Lipinski definition) is 4. The number of nitrogens with zero attached hydrogens (tertiary/aromatic N) is 2. The monoisotopic (exact) mass is 429 g/mol. The number of benzene rings is 1. The molecule has 0 aromatic heterocycles. The van der Waals surface area contributed by atoms with Gasteiger partial charge in [0.2, 0.25) is 5.91 Å². The van der Waals surface area contributed by atoms with Gasteiger partial charge in [0.1, 0.15) is 5.75 Å². The van der Waals surface area contributed by atoms with E-state index in [1.807, 2.05) is 17.0 Å². The molecule has 5 heteroatoms. The van der Waals surface area contributed by atoms with Gasteiger partial charge in [-0.3, -0.25) is 4.79 Å². The molecule has 1 heterocycles. The standard InChI is InChI=1S/C26H43N3O2/c1-19(2)12-15-29(21-8-10-23(11-9-21)31-18-26(5,6)7)22-13-14-28(17-22)25(30)24(27)16-20(3)4/h8-12,20,22,24H,13-18,27H2,1-7H3/t22-,24?/m0/s1.